The van der Waals surface area contributed by atoms with Gasteiger partial charge in [0.05, 0.1) is 12.0 Å². The molecule has 0 radical (unpaired) electrons. The first-order valence-corrected chi connectivity index (χ1v) is 9.98. The van der Waals surface area contributed by atoms with Crippen molar-refractivity contribution in [3.63, 3.8) is 0 Å². The van der Waals surface area contributed by atoms with E-state index in [1.807, 2.05) is 56.3 Å². The van der Waals surface area contributed by atoms with Gasteiger partial charge in [-0.2, -0.15) is 0 Å². The minimum Gasteiger partial charge on any atom is -0.417 e. The summed E-state index contributed by atoms with van der Waals surface area (Å²) in [6.45, 7) is 3.85. The van der Waals surface area contributed by atoms with Gasteiger partial charge in [0.25, 0.3) is 5.71 Å². The molecule has 0 amide bonds. The molecule has 6 heteroatoms. The van der Waals surface area contributed by atoms with E-state index in [-0.39, 0.29) is 16.5 Å². The maximum Gasteiger partial charge on any atom is 0.252 e. The van der Waals surface area contributed by atoms with Crippen molar-refractivity contribution in [3.8, 4) is 0 Å². The molecule has 0 unspecified atom stereocenters. The van der Waals surface area contributed by atoms with Crippen LogP contribution in [0.4, 0.5) is 0 Å². The molecule has 0 aliphatic heterocycles. The van der Waals surface area contributed by atoms with Crippen molar-refractivity contribution in [2.45, 2.75) is 26.2 Å². The molecule has 0 spiro atoms. The fourth-order valence-corrected chi connectivity index (χ4v) is 3.85. The van der Waals surface area contributed by atoms with E-state index in [4.69, 9.17) is 11.6 Å². The molecule has 3 rings (SSSR count). The highest BCUT2D eigenvalue weighted by Gasteiger charge is 2.25. The van der Waals surface area contributed by atoms with Crippen molar-refractivity contribution in [1.29, 1.82) is 0 Å². The van der Waals surface area contributed by atoms with E-state index in [0.29, 0.717) is 17.0 Å². The van der Waals surface area contributed by atoms with E-state index in [1.165, 1.54) is 0 Å². The smallest absolute Gasteiger partial charge is 0.252 e. The number of aromatic nitrogens is 1. The Morgan fingerprint density at radius 2 is 1.86 bits per heavy atom. The summed E-state index contributed by atoms with van der Waals surface area (Å²) < 4.78 is 0.976. The van der Waals surface area contributed by atoms with Gasteiger partial charge >= 0.3 is 0 Å². The van der Waals surface area contributed by atoms with Crippen LogP contribution >= 0.6 is 27.5 Å². The normalized spacial score (nSPS) is 13.1. The van der Waals surface area contributed by atoms with Gasteiger partial charge in [0.2, 0.25) is 0 Å². The monoisotopic (exact) mass is 458 g/mol. The zero-order valence-electron chi connectivity index (χ0n) is 15.6. The van der Waals surface area contributed by atoms with Crippen molar-refractivity contribution in [2.24, 2.45) is 0 Å². The van der Waals surface area contributed by atoms with Crippen molar-refractivity contribution in [1.82, 2.24) is 4.98 Å². The Bertz CT molecular complexity index is 1020. The highest BCUT2D eigenvalue weighted by Crippen LogP contribution is 2.33. The van der Waals surface area contributed by atoms with E-state index in [1.54, 1.807) is 18.3 Å². The van der Waals surface area contributed by atoms with E-state index >= 15 is 0 Å². The molecule has 3 aromatic rings. The summed E-state index contributed by atoms with van der Waals surface area (Å²) in [5, 5.41) is 22.5. The lowest BCUT2D eigenvalue weighted by Crippen LogP contribution is -2.19. The Morgan fingerprint density at radius 1 is 1.14 bits per heavy atom. The number of hydrogen-bond acceptors (Lipinski definition) is 3. The highest BCUT2D eigenvalue weighted by molar-refractivity contribution is 9.10. The molecule has 0 fully saturated rings. The first-order valence-electron chi connectivity index (χ1n) is 8.81. The number of nitrogens with zero attached hydrogens (tertiary/aromatic N) is 2. The van der Waals surface area contributed by atoms with Gasteiger partial charge in [-0.1, -0.05) is 45.7 Å². The van der Waals surface area contributed by atoms with Gasteiger partial charge < -0.3 is 5.21 Å². The Labute approximate surface area is 177 Å². The van der Waals surface area contributed by atoms with E-state index in [9.17, 15) is 10.4 Å². The fourth-order valence-electron chi connectivity index (χ4n) is 3.36. The summed E-state index contributed by atoms with van der Waals surface area (Å²) in [6, 6.07) is 17.2. The lowest BCUT2D eigenvalue weighted by Gasteiger charge is -2.20. The van der Waals surface area contributed by atoms with Gasteiger partial charge in [0, 0.05) is 32.2 Å². The molecule has 2 aromatic carbocycles. The van der Waals surface area contributed by atoms with Crippen molar-refractivity contribution >= 4 is 33.2 Å². The Morgan fingerprint density at radius 3 is 2.46 bits per heavy atom. The topological polar surface area (TPSA) is 59.2 Å². The lowest BCUT2D eigenvalue weighted by molar-refractivity contribution is -0.726. The van der Waals surface area contributed by atoms with Crippen LogP contribution in [0.2, 0.25) is 5.02 Å². The molecule has 0 saturated heterocycles. The third-order valence-electron chi connectivity index (χ3n) is 4.74. The van der Waals surface area contributed by atoms with Crippen LogP contribution < -0.4 is 0 Å². The molecule has 0 aliphatic rings. The quantitative estimate of drug-likeness (QED) is 0.219. The van der Waals surface area contributed by atoms with E-state index in [0.717, 1.165) is 26.9 Å². The van der Waals surface area contributed by atoms with E-state index < -0.39 is 0 Å². The summed E-state index contributed by atoms with van der Waals surface area (Å²) in [5.74, 6) is -0.127. The number of rotatable bonds is 5. The molecule has 1 aromatic heterocycles. The summed E-state index contributed by atoms with van der Waals surface area (Å²) in [5.41, 5.74) is 4.84. The van der Waals surface area contributed by atoms with Crippen molar-refractivity contribution < 1.29 is 10.1 Å². The second-order valence-corrected chi connectivity index (χ2v) is 8.07. The average molecular weight is 460 g/mol. The number of benzene rings is 2. The second-order valence-electron chi connectivity index (χ2n) is 6.71. The molecule has 0 aliphatic carbocycles. The van der Waals surface area contributed by atoms with Gasteiger partial charge in [-0.25, -0.2) is 0 Å². The van der Waals surface area contributed by atoms with Crippen LogP contribution in [0.1, 0.15) is 40.3 Å². The predicted octanol–water partition coefficient (Wildman–Crippen LogP) is 6.03. The minimum absolute atomic E-state index is 0.0358. The third kappa shape index (κ3) is 4.72. The summed E-state index contributed by atoms with van der Waals surface area (Å²) in [7, 11) is 0. The standard InChI is InChI=1S/C22H20BrClN2O2/c1-14-11-19(24)7-8-20(14)21(16-3-5-18(23)6-4-16)13-22(26(27)28)17-9-10-25-15(2)12-17/h3-12,21H,13H2,1-2H3,(H,27,28)/t21-/m1/s1. The van der Waals surface area contributed by atoms with Gasteiger partial charge in [0.1, 0.15) is 0 Å². The SMILES string of the molecule is Cc1cc(/C(C[C@H](c2ccc(Br)cc2)c2ccc(Cl)cc2C)=[N+](\[O-])O)ccn1. The van der Waals surface area contributed by atoms with Crippen LogP contribution in [0, 0.1) is 19.1 Å². The molecular weight excluding hydrogens is 440 g/mol. The molecule has 4 nitrogen and oxygen atoms in total. The number of pyridine rings is 1. The Hall–Kier alpha value is -2.37. The molecule has 1 atom stereocenters. The van der Waals surface area contributed by atoms with Gasteiger partial charge in [-0.15, -0.1) is 0 Å². The van der Waals surface area contributed by atoms with Gasteiger partial charge in [-0.05, 0) is 66.9 Å². The second kappa shape index (κ2) is 8.76. The third-order valence-corrected chi connectivity index (χ3v) is 5.50. The molecule has 28 heavy (non-hydrogen) atoms. The molecule has 144 valence electrons. The molecule has 1 N–H and O–H groups in total. The van der Waals surface area contributed by atoms with Gasteiger partial charge in [-0.3, -0.25) is 10.2 Å². The maximum absolute atomic E-state index is 12.0. The first-order chi connectivity index (χ1) is 13.3. The number of hydrogen-bond donors (Lipinski definition) is 1. The zero-order chi connectivity index (χ0) is 20.3. The maximum atomic E-state index is 12.0. The van der Waals surface area contributed by atoms with Crippen LogP contribution in [0.3, 0.4) is 0 Å². The zero-order valence-corrected chi connectivity index (χ0v) is 17.9. The minimum atomic E-state index is -0.127. The van der Waals surface area contributed by atoms with Crippen molar-refractivity contribution in [3.05, 3.63) is 103 Å². The summed E-state index contributed by atoms with van der Waals surface area (Å²) in [6.07, 6.45) is 1.96. The molecule has 0 bridgehead atoms. The highest BCUT2D eigenvalue weighted by atomic mass is 79.9. The van der Waals surface area contributed by atoms with Crippen LogP contribution in [-0.4, -0.2) is 20.8 Å². The largest absolute Gasteiger partial charge is 0.417 e. The van der Waals surface area contributed by atoms with Crippen LogP contribution in [0.25, 0.3) is 0 Å². The molecule has 0 saturated carbocycles. The molecule has 1 heterocycles. The van der Waals surface area contributed by atoms with Gasteiger partial charge in [0.15, 0.2) is 0 Å². The van der Waals surface area contributed by atoms with E-state index in [2.05, 4.69) is 20.9 Å². The fraction of sp³-hybridized carbons (Fsp3) is 0.182. The average Bonchev–Trinajstić information content (AvgIpc) is 2.64. The van der Waals surface area contributed by atoms with Crippen LogP contribution in [-0.2, 0) is 0 Å². The predicted molar refractivity (Wildman–Crippen MR) is 115 cm³/mol. The molecular formula is C22H20BrClN2O2. The number of aryl methyl sites for hydroxylation is 2. The number of halogens is 2. The first kappa shape index (κ1) is 20.4. The van der Waals surface area contributed by atoms with Crippen LogP contribution in [0.15, 0.2) is 65.3 Å². The van der Waals surface area contributed by atoms with Crippen LogP contribution in [0.5, 0.6) is 0 Å². The Kier molecular flexibility index (Phi) is 6.37. The summed E-state index contributed by atoms with van der Waals surface area (Å²) in [4.78, 5) is 4.14. The van der Waals surface area contributed by atoms with Crippen molar-refractivity contribution in [2.75, 3.05) is 0 Å². The lowest BCUT2D eigenvalue weighted by atomic mass is 9.83. The Balaban J connectivity index is 2.10. The summed E-state index contributed by atoms with van der Waals surface area (Å²) >= 11 is 9.61.